The number of halogens is 1. The standard InChI is InChI=1S/C17H20FNO/c1-2-19-16(10-13-6-8-15(18)9-7-13)11-14-4-3-5-17(20)12-14/h3-9,12,16,19-20H,2,10-11H2,1H3. The molecule has 1 atom stereocenters. The van der Waals surface area contributed by atoms with Gasteiger partial charge in [-0.25, -0.2) is 4.39 Å². The van der Waals surface area contributed by atoms with E-state index in [0.29, 0.717) is 5.75 Å². The van der Waals surface area contributed by atoms with Crippen LogP contribution in [0.25, 0.3) is 0 Å². The third-order valence-corrected chi connectivity index (χ3v) is 3.28. The number of phenolic OH excluding ortho intramolecular Hbond substituents is 1. The van der Waals surface area contributed by atoms with Gasteiger partial charge in [-0.1, -0.05) is 31.2 Å². The largest absolute Gasteiger partial charge is 0.508 e. The minimum absolute atomic E-state index is 0.207. The van der Waals surface area contributed by atoms with E-state index in [1.54, 1.807) is 12.1 Å². The Labute approximate surface area is 119 Å². The van der Waals surface area contributed by atoms with Crippen molar-refractivity contribution in [2.24, 2.45) is 0 Å². The van der Waals surface area contributed by atoms with Crippen LogP contribution in [0, 0.1) is 5.82 Å². The monoisotopic (exact) mass is 273 g/mol. The van der Waals surface area contributed by atoms with Crippen molar-refractivity contribution in [2.45, 2.75) is 25.8 Å². The summed E-state index contributed by atoms with van der Waals surface area (Å²) in [5.74, 6) is 0.0845. The molecule has 3 heteroatoms. The van der Waals surface area contributed by atoms with Gasteiger partial charge in [0, 0.05) is 6.04 Å². The molecule has 0 aliphatic heterocycles. The molecule has 0 radical (unpaired) electrons. The molecule has 2 rings (SSSR count). The van der Waals surface area contributed by atoms with E-state index in [1.165, 1.54) is 12.1 Å². The summed E-state index contributed by atoms with van der Waals surface area (Å²) in [6.07, 6.45) is 1.67. The predicted octanol–water partition coefficient (Wildman–Crippen LogP) is 3.29. The van der Waals surface area contributed by atoms with E-state index < -0.39 is 0 Å². The van der Waals surface area contributed by atoms with Gasteiger partial charge in [0.15, 0.2) is 0 Å². The molecule has 0 bridgehead atoms. The van der Waals surface area contributed by atoms with Gasteiger partial charge in [0.2, 0.25) is 0 Å². The van der Waals surface area contributed by atoms with E-state index in [4.69, 9.17) is 0 Å². The van der Waals surface area contributed by atoms with E-state index in [9.17, 15) is 9.50 Å². The molecule has 0 heterocycles. The lowest BCUT2D eigenvalue weighted by Crippen LogP contribution is -2.33. The number of nitrogens with one attached hydrogen (secondary N) is 1. The Morgan fingerprint density at radius 2 is 1.75 bits per heavy atom. The fourth-order valence-electron chi connectivity index (χ4n) is 2.38. The lowest BCUT2D eigenvalue weighted by atomic mass is 9.99. The molecule has 2 aromatic carbocycles. The normalized spacial score (nSPS) is 12.3. The SMILES string of the molecule is CCNC(Cc1ccc(F)cc1)Cc1cccc(O)c1. The van der Waals surface area contributed by atoms with Crippen LogP contribution in [-0.4, -0.2) is 17.7 Å². The predicted molar refractivity (Wildman–Crippen MR) is 79.4 cm³/mol. The summed E-state index contributed by atoms with van der Waals surface area (Å²) in [4.78, 5) is 0. The number of aromatic hydroxyl groups is 1. The molecule has 0 spiro atoms. The summed E-state index contributed by atoms with van der Waals surface area (Å²) >= 11 is 0. The second-order valence-electron chi connectivity index (χ2n) is 4.96. The Bertz CT molecular complexity index is 539. The van der Waals surface area contributed by atoms with Gasteiger partial charge in [0.25, 0.3) is 0 Å². The summed E-state index contributed by atoms with van der Waals surface area (Å²) in [5, 5.41) is 13.0. The van der Waals surface area contributed by atoms with Crippen LogP contribution in [-0.2, 0) is 12.8 Å². The first-order chi connectivity index (χ1) is 9.67. The highest BCUT2D eigenvalue weighted by Gasteiger charge is 2.10. The van der Waals surface area contributed by atoms with Crippen LogP contribution < -0.4 is 5.32 Å². The Balaban J connectivity index is 2.05. The summed E-state index contributed by atoms with van der Waals surface area (Å²) in [6.45, 7) is 2.95. The van der Waals surface area contributed by atoms with Gasteiger partial charge >= 0.3 is 0 Å². The third kappa shape index (κ3) is 4.35. The highest BCUT2D eigenvalue weighted by molar-refractivity contribution is 5.28. The molecule has 2 nitrogen and oxygen atoms in total. The van der Waals surface area contributed by atoms with Crippen LogP contribution in [0.3, 0.4) is 0 Å². The van der Waals surface area contributed by atoms with Crippen molar-refractivity contribution in [3.05, 3.63) is 65.5 Å². The third-order valence-electron chi connectivity index (χ3n) is 3.28. The van der Waals surface area contributed by atoms with E-state index in [0.717, 1.165) is 30.5 Å². The van der Waals surface area contributed by atoms with E-state index in [-0.39, 0.29) is 11.9 Å². The van der Waals surface area contributed by atoms with Gasteiger partial charge in [-0.2, -0.15) is 0 Å². The zero-order valence-electron chi connectivity index (χ0n) is 11.6. The molecule has 0 saturated carbocycles. The number of hydrogen-bond donors (Lipinski definition) is 2. The van der Waals surface area contributed by atoms with E-state index in [1.807, 2.05) is 24.3 Å². The number of likely N-dealkylation sites (N-methyl/N-ethyl adjacent to an activating group) is 1. The molecule has 0 aliphatic carbocycles. The second kappa shape index (κ2) is 7.06. The lowest BCUT2D eigenvalue weighted by molar-refractivity contribution is 0.472. The Morgan fingerprint density at radius 3 is 2.40 bits per heavy atom. The Kier molecular flexibility index (Phi) is 5.13. The molecule has 20 heavy (non-hydrogen) atoms. The first-order valence-corrected chi connectivity index (χ1v) is 6.93. The highest BCUT2D eigenvalue weighted by atomic mass is 19.1. The maximum Gasteiger partial charge on any atom is 0.123 e. The molecule has 2 aromatic rings. The summed E-state index contributed by atoms with van der Waals surface area (Å²) in [5.41, 5.74) is 2.20. The van der Waals surface area contributed by atoms with Crippen LogP contribution in [0.2, 0.25) is 0 Å². The molecular formula is C17H20FNO. The zero-order valence-corrected chi connectivity index (χ0v) is 11.6. The lowest BCUT2D eigenvalue weighted by Gasteiger charge is -2.18. The molecule has 0 saturated heterocycles. The van der Waals surface area contributed by atoms with Crippen molar-refractivity contribution in [1.82, 2.24) is 5.32 Å². The molecular weight excluding hydrogens is 253 g/mol. The molecule has 0 aliphatic rings. The number of phenols is 1. The first-order valence-electron chi connectivity index (χ1n) is 6.93. The molecule has 106 valence electrons. The Hall–Kier alpha value is -1.87. The van der Waals surface area contributed by atoms with Crippen LogP contribution in [0.15, 0.2) is 48.5 Å². The quantitative estimate of drug-likeness (QED) is 0.846. The van der Waals surface area contributed by atoms with Gasteiger partial charge in [-0.05, 0) is 54.8 Å². The second-order valence-corrected chi connectivity index (χ2v) is 4.96. The number of hydrogen-bond acceptors (Lipinski definition) is 2. The zero-order chi connectivity index (χ0) is 14.4. The van der Waals surface area contributed by atoms with Crippen molar-refractivity contribution in [3.63, 3.8) is 0 Å². The summed E-state index contributed by atoms with van der Waals surface area (Å²) < 4.78 is 12.9. The van der Waals surface area contributed by atoms with Crippen LogP contribution in [0.1, 0.15) is 18.1 Å². The summed E-state index contributed by atoms with van der Waals surface area (Å²) in [7, 11) is 0. The maximum atomic E-state index is 12.9. The fraction of sp³-hybridized carbons (Fsp3) is 0.294. The maximum absolute atomic E-state index is 12.9. The van der Waals surface area contributed by atoms with Gasteiger partial charge in [-0.15, -0.1) is 0 Å². The van der Waals surface area contributed by atoms with Gasteiger partial charge in [-0.3, -0.25) is 0 Å². The van der Waals surface area contributed by atoms with Gasteiger partial charge in [0.05, 0.1) is 0 Å². The number of rotatable bonds is 6. The van der Waals surface area contributed by atoms with Gasteiger partial charge in [0.1, 0.15) is 11.6 Å². The van der Waals surface area contributed by atoms with E-state index >= 15 is 0 Å². The van der Waals surface area contributed by atoms with Gasteiger partial charge < -0.3 is 10.4 Å². The topological polar surface area (TPSA) is 32.3 Å². The van der Waals surface area contributed by atoms with Crippen LogP contribution in [0.4, 0.5) is 4.39 Å². The van der Waals surface area contributed by atoms with Crippen LogP contribution >= 0.6 is 0 Å². The molecule has 0 fully saturated rings. The highest BCUT2D eigenvalue weighted by Crippen LogP contribution is 2.15. The smallest absolute Gasteiger partial charge is 0.123 e. The minimum Gasteiger partial charge on any atom is -0.508 e. The molecule has 2 N–H and O–H groups in total. The number of benzene rings is 2. The Morgan fingerprint density at radius 1 is 1.05 bits per heavy atom. The van der Waals surface area contributed by atoms with Crippen molar-refractivity contribution < 1.29 is 9.50 Å². The summed E-state index contributed by atoms with van der Waals surface area (Å²) in [6, 6.07) is 14.2. The van der Waals surface area contributed by atoms with Crippen molar-refractivity contribution >= 4 is 0 Å². The molecule has 0 amide bonds. The van der Waals surface area contributed by atoms with Crippen molar-refractivity contribution in [3.8, 4) is 5.75 Å². The van der Waals surface area contributed by atoms with Crippen molar-refractivity contribution in [1.29, 1.82) is 0 Å². The average molecular weight is 273 g/mol. The average Bonchev–Trinajstić information content (AvgIpc) is 2.42. The first kappa shape index (κ1) is 14.5. The fourth-order valence-corrected chi connectivity index (χ4v) is 2.38. The minimum atomic E-state index is -0.207. The molecule has 0 aromatic heterocycles. The van der Waals surface area contributed by atoms with E-state index in [2.05, 4.69) is 12.2 Å². The van der Waals surface area contributed by atoms with Crippen molar-refractivity contribution in [2.75, 3.05) is 6.54 Å². The van der Waals surface area contributed by atoms with Crippen LogP contribution in [0.5, 0.6) is 5.75 Å². The molecule has 1 unspecified atom stereocenters.